The molecule has 1 aromatic carbocycles. The number of benzene rings is 1. The molecule has 0 bridgehead atoms. The number of allylic oxidation sites excluding steroid dienone is 1. The molecule has 0 radical (unpaired) electrons. The van der Waals surface area contributed by atoms with Crippen LogP contribution >= 0.6 is 0 Å². The Labute approximate surface area is 383 Å². The summed E-state index contributed by atoms with van der Waals surface area (Å²) in [5.41, 5.74) is 2.67. The molecule has 1 aromatic rings. The van der Waals surface area contributed by atoms with Gasteiger partial charge in [0.05, 0.1) is 24.8 Å². The van der Waals surface area contributed by atoms with Crippen molar-refractivity contribution in [1.29, 1.82) is 0 Å². The standard InChI is InChI=1S/C52H81N3O9/c1-4-7-8-9-10-11-12-13-14-18-29-53-51(59)62-40-27-28-45-43(36-40)48-41(23-16-20-32-57)39(22-15-19-31-56)35-42-44(54-64-47-24-17-21-34-60-47)37-46(52(63-45,49(42)48)61-33-6-3)55(30-5-2)50(58)38-25-26-38/h6,27-28,35-36,38-39,41,46-49,56-57H,3-5,7-26,29-34,37H2,1-2H3,(H,53,59). The first-order valence-electron chi connectivity index (χ1n) is 25.5. The quantitative estimate of drug-likeness (QED) is 0.0406. The van der Waals surface area contributed by atoms with E-state index in [1.807, 2.05) is 17.0 Å². The summed E-state index contributed by atoms with van der Waals surface area (Å²) >= 11 is 0. The molecule has 1 saturated heterocycles. The molecule has 2 heterocycles. The minimum atomic E-state index is -1.31. The third-order valence-corrected chi connectivity index (χ3v) is 14.1. The summed E-state index contributed by atoms with van der Waals surface area (Å²) in [6.07, 6.45) is 25.7. The fraction of sp³-hybridized carbons (Fsp3) is 0.750. The van der Waals surface area contributed by atoms with Gasteiger partial charge in [-0.2, -0.15) is 0 Å². The number of carbonyl (C=O) groups is 2. The van der Waals surface area contributed by atoms with Crippen molar-refractivity contribution in [2.75, 3.05) is 39.5 Å². The zero-order valence-electron chi connectivity index (χ0n) is 39.3. The van der Waals surface area contributed by atoms with Crippen LogP contribution in [0, 0.1) is 23.7 Å². The average molecular weight is 892 g/mol. The van der Waals surface area contributed by atoms with E-state index in [2.05, 4.69) is 31.8 Å². The van der Waals surface area contributed by atoms with E-state index in [1.165, 1.54) is 51.4 Å². The largest absolute Gasteiger partial charge is 0.459 e. The Morgan fingerprint density at radius 1 is 0.922 bits per heavy atom. The molecular weight excluding hydrogens is 811 g/mol. The summed E-state index contributed by atoms with van der Waals surface area (Å²) < 4.78 is 26.5. The molecular formula is C52H81N3O9. The number of rotatable bonds is 29. The second-order valence-electron chi connectivity index (χ2n) is 19.0. The predicted molar refractivity (Wildman–Crippen MR) is 250 cm³/mol. The van der Waals surface area contributed by atoms with Gasteiger partial charge in [-0.1, -0.05) is 102 Å². The third kappa shape index (κ3) is 13.1. The number of carbonyl (C=O) groups excluding carboxylic acids is 2. The normalized spacial score (nSPS) is 26.6. The van der Waals surface area contributed by atoms with Gasteiger partial charge in [0.15, 0.2) is 0 Å². The molecule has 0 aromatic heterocycles. The predicted octanol–water partition coefficient (Wildman–Crippen LogP) is 10.5. The molecule has 5 aliphatic rings. The van der Waals surface area contributed by atoms with E-state index < -0.39 is 30.1 Å². The van der Waals surface area contributed by atoms with Crippen LogP contribution in [0.2, 0.25) is 0 Å². The summed E-state index contributed by atoms with van der Waals surface area (Å²) in [5, 5.41) is 27.8. The number of nitrogens with one attached hydrogen (secondary N) is 1. The molecule has 12 heteroatoms. The fourth-order valence-corrected chi connectivity index (χ4v) is 10.8. The molecule has 7 atom stereocenters. The van der Waals surface area contributed by atoms with Crippen LogP contribution in [0.15, 0.2) is 47.7 Å². The molecule has 64 heavy (non-hydrogen) atoms. The lowest BCUT2D eigenvalue weighted by molar-refractivity contribution is -0.258. The summed E-state index contributed by atoms with van der Waals surface area (Å²) in [5.74, 6) is -0.621. The zero-order chi connectivity index (χ0) is 45.2. The van der Waals surface area contributed by atoms with E-state index in [0.717, 1.165) is 93.9 Å². The van der Waals surface area contributed by atoms with Gasteiger partial charge in [0.25, 0.3) is 0 Å². The summed E-state index contributed by atoms with van der Waals surface area (Å²) in [4.78, 5) is 36.1. The van der Waals surface area contributed by atoms with Gasteiger partial charge in [0.1, 0.15) is 17.5 Å². The van der Waals surface area contributed by atoms with Gasteiger partial charge in [-0.05, 0) is 99.8 Å². The summed E-state index contributed by atoms with van der Waals surface area (Å²) in [6.45, 7) is 10.5. The number of hydrogen-bond donors (Lipinski definition) is 3. The topological polar surface area (TPSA) is 148 Å². The molecule has 3 fully saturated rings. The molecule has 0 spiro atoms. The highest BCUT2D eigenvalue weighted by Gasteiger charge is 2.66. The highest BCUT2D eigenvalue weighted by molar-refractivity contribution is 6.03. The van der Waals surface area contributed by atoms with Crippen molar-refractivity contribution < 1.29 is 43.6 Å². The van der Waals surface area contributed by atoms with Crippen LogP contribution in [0.25, 0.3) is 0 Å². The van der Waals surface area contributed by atoms with E-state index >= 15 is 0 Å². The molecule has 3 N–H and O–H groups in total. The van der Waals surface area contributed by atoms with E-state index in [1.54, 1.807) is 12.1 Å². The first-order valence-corrected chi connectivity index (χ1v) is 25.5. The van der Waals surface area contributed by atoms with Crippen molar-refractivity contribution in [3.63, 3.8) is 0 Å². The maximum Gasteiger partial charge on any atom is 0.412 e. The van der Waals surface area contributed by atoms with E-state index in [0.29, 0.717) is 50.5 Å². The Morgan fingerprint density at radius 2 is 1.66 bits per heavy atom. The second-order valence-corrected chi connectivity index (χ2v) is 19.0. The van der Waals surface area contributed by atoms with E-state index in [9.17, 15) is 19.8 Å². The summed E-state index contributed by atoms with van der Waals surface area (Å²) in [6, 6.07) is 5.12. The Kier molecular flexibility index (Phi) is 20.3. The highest BCUT2D eigenvalue weighted by Crippen LogP contribution is 2.62. The molecule has 12 nitrogen and oxygen atoms in total. The number of oxime groups is 1. The van der Waals surface area contributed by atoms with Crippen LogP contribution in [-0.2, 0) is 19.1 Å². The smallest absolute Gasteiger partial charge is 0.412 e. The van der Waals surface area contributed by atoms with Crippen molar-refractivity contribution in [3.05, 3.63) is 48.1 Å². The number of aliphatic hydroxyl groups excluding tert-OH is 2. The van der Waals surface area contributed by atoms with E-state index in [4.69, 9.17) is 28.9 Å². The number of unbranched alkanes of at least 4 members (excludes halogenated alkanes) is 11. The van der Waals surface area contributed by atoms with Crippen molar-refractivity contribution in [3.8, 4) is 11.5 Å². The minimum absolute atomic E-state index is 0.0247. The third-order valence-electron chi connectivity index (χ3n) is 14.1. The number of hydrogen-bond acceptors (Lipinski definition) is 10. The van der Waals surface area contributed by atoms with Gasteiger partial charge >= 0.3 is 6.09 Å². The maximum absolute atomic E-state index is 14.5. The maximum atomic E-state index is 14.5. The van der Waals surface area contributed by atoms with Gasteiger partial charge in [-0.3, -0.25) is 4.79 Å². The second kappa shape index (κ2) is 26.0. The molecule has 3 aliphatic carbocycles. The fourth-order valence-electron chi connectivity index (χ4n) is 10.8. The molecule has 2 amide bonds. The number of fused-ring (bicyclic) bond motifs is 2. The van der Waals surface area contributed by atoms with Crippen LogP contribution in [0.4, 0.5) is 4.79 Å². The van der Waals surface area contributed by atoms with Gasteiger partial charge in [0, 0.05) is 56.5 Å². The lowest BCUT2D eigenvalue weighted by Crippen LogP contribution is -2.70. The van der Waals surface area contributed by atoms with Gasteiger partial charge in [0.2, 0.25) is 18.0 Å². The highest BCUT2D eigenvalue weighted by atomic mass is 16.8. The zero-order valence-corrected chi connectivity index (χ0v) is 39.3. The first kappa shape index (κ1) is 50.0. The lowest BCUT2D eigenvalue weighted by Gasteiger charge is -2.60. The Bertz CT molecular complexity index is 1670. The van der Waals surface area contributed by atoms with Crippen LogP contribution < -0.4 is 14.8 Å². The first-order chi connectivity index (χ1) is 31.4. The molecule has 2 aliphatic heterocycles. The van der Waals surface area contributed by atoms with Crippen LogP contribution in [0.3, 0.4) is 0 Å². The number of ether oxygens (including phenoxy) is 4. The van der Waals surface area contributed by atoms with E-state index in [-0.39, 0.29) is 49.4 Å². The van der Waals surface area contributed by atoms with Crippen LogP contribution in [0.5, 0.6) is 11.5 Å². The van der Waals surface area contributed by atoms with Crippen molar-refractivity contribution >= 4 is 17.7 Å². The lowest BCUT2D eigenvalue weighted by atomic mass is 9.55. The Balaban J connectivity index is 1.36. The van der Waals surface area contributed by atoms with Gasteiger partial charge in [-0.15, -0.1) is 6.58 Å². The molecule has 6 rings (SSSR count). The molecule has 2 saturated carbocycles. The van der Waals surface area contributed by atoms with Gasteiger partial charge in [-0.25, -0.2) is 4.79 Å². The summed E-state index contributed by atoms with van der Waals surface area (Å²) in [7, 11) is 0. The van der Waals surface area contributed by atoms with Crippen LogP contribution in [0.1, 0.15) is 173 Å². The Hall–Kier alpha value is -3.45. The number of nitrogens with zero attached hydrogens (tertiary/aromatic N) is 2. The van der Waals surface area contributed by atoms with Crippen molar-refractivity contribution in [1.82, 2.24) is 10.2 Å². The van der Waals surface area contributed by atoms with Crippen molar-refractivity contribution in [2.45, 2.75) is 186 Å². The SMILES string of the molecule is C=CCOC12Oc3ccc(OC(=O)NCCCCCCCCCCCC)cc3C3C(CCCCO)C(CCCCO)C=C(C(=NOC4CCCCO4)CC1N(CCC)C(=O)C1CC1)C32. The van der Waals surface area contributed by atoms with Gasteiger partial charge < -0.3 is 44.2 Å². The van der Waals surface area contributed by atoms with Crippen molar-refractivity contribution in [2.24, 2.45) is 28.8 Å². The molecule has 358 valence electrons. The van der Waals surface area contributed by atoms with Crippen LogP contribution in [-0.4, -0.2) is 90.5 Å². The number of aliphatic hydroxyl groups is 2. The average Bonchev–Trinajstić information content (AvgIpc) is 4.16. The monoisotopic (exact) mass is 892 g/mol. The minimum Gasteiger partial charge on any atom is -0.459 e. The Morgan fingerprint density at radius 3 is 2.33 bits per heavy atom. The number of amides is 2. The molecule has 7 unspecified atom stereocenters.